The highest BCUT2D eigenvalue weighted by Gasteiger charge is 2.15. The van der Waals surface area contributed by atoms with Crippen LogP contribution < -0.4 is 22.8 Å². The first-order valence-corrected chi connectivity index (χ1v) is 4.26. The normalized spacial score (nSPS) is 10.4. The minimum Gasteiger partial charge on any atom is -0.369 e. The van der Waals surface area contributed by atoms with Crippen LogP contribution in [-0.2, 0) is 6.54 Å². The molecule has 0 spiro atoms. The first-order chi connectivity index (χ1) is 7.56. The van der Waals surface area contributed by atoms with Gasteiger partial charge >= 0.3 is 5.69 Å². The van der Waals surface area contributed by atoms with E-state index in [1.807, 2.05) is 0 Å². The molecule has 2 aromatic heterocycles. The van der Waals surface area contributed by atoms with Gasteiger partial charge in [0.1, 0.15) is 0 Å². The molecule has 0 aliphatic heterocycles. The Kier molecular flexibility index (Phi) is 1.95. The molecule has 8 nitrogen and oxygen atoms in total. The molecule has 0 bridgehead atoms. The molecule has 82 valence electrons. The summed E-state index contributed by atoms with van der Waals surface area (Å²) in [6.07, 6.45) is 5.09. The Balaban J connectivity index is 3.04. The van der Waals surface area contributed by atoms with Crippen LogP contribution in [0.2, 0.25) is 0 Å². The molecule has 0 aliphatic carbocycles. The number of anilines is 1. The number of nitrogens with one attached hydrogen (secondary N) is 1. The van der Waals surface area contributed by atoms with E-state index in [9.17, 15) is 9.59 Å². The van der Waals surface area contributed by atoms with Gasteiger partial charge in [-0.15, -0.1) is 6.42 Å². The van der Waals surface area contributed by atoms with Crippen LogP contribution >= 0.6 is 0 Å². The minimum absolute atomic E-state index is 0.00139. The predicted molar refractivity (Wildman–Crippen MR) is 58.0 cm³/mol. The standard InChI is InChI=1S/C8H8N6O2/c1-2-3-13-4-5(14(10)8(13)16)11-7(9)12-6(4)15/h1H,3,10H2,(H3,9,11,12,15). The van der Waals surface area contributed by atoms with Crippen molar-refractivity contribution >= 4 is 17.1 Å². The molecular formula is C8H8N6O2. The maximum absolute atomic E-state index is 11.6. The first kappa shape index (κ1) is 9.85. The van der Waals surface area contributed by atoms with Crippen LogP contribution in [0.4, 0.5) is 5.95 Å². The predicted octanol–water partition coefficient (Wildman–Crippen LogP) is -2.18. The number of rotatable bonds is 1. The number of fused-ring (bicyclic) bond motifs is 1. The Morgan fingerprint density at radius 2 is 2.19 bits per heavy atom. The maximum Gasteiger partial charge on any atom is 0.350 e. The monoisotopic (exact) mass is 220 g/mol. The Hall–Kier alpha value is -2.69. The summed E-state index contributed by atoms with van der Waals surface area (Å²) in [4.78, 5) is 29.2. The molecule has 2 heterocycles. The molecule has 0 amide bonds. The van der Waals surface area contributed by atoms with E-state index in [4.69, 9.17) is 18.0 Å². The van der Waals surface area contributed by atoms with Gasteiger partial charge in [-0.1, -0.05) is 5.92 Å². The molecule has 2 rings (SSSR count). The van der Waals surface area contributed by atoms with Crippen LogP contribution in [0.25, 0.3) is 11.2 Å². The van der Waals surface area contributed by atoms with Gasteiger partial charge in [0.2, 0.25) is 5.95 Å². The topological polar surface area (TPSA) is 125 Å². The lowest BCUT2D eigenvalue weighted by atomic mass is 10.5. The van der Waals surface area contributed by atoms with Gasteiger partial charge in [-0.05, 0) is 0 Å². The lowest BCUT2D eigenvalue weighted by Gasteiger charge is -1.96. The van der Waals surface area contributed by atoms with E-state index in [0.717, 1.165) is 9.24 Å². The number of H-pyrrole nitrogens is 1. The van der Waals surface area contributed by atoms with Crippen LogP contribution in [0.15, 0.2) is 9.59 Å². The van der Waals surface area contributed by atoms with Gasteiger partial charge in [-0.2, -0.15) is 9.66 Å². The fraction of sp³-hybridized carbons (Fsp3) is 0.125. The summed E-state index contributed by atoms with van der Waals surface area (Å²) < 4.78 is 1.79. The van der Waals surface area contributed by atoms with Crippen LogP contribution in [0, 0.1) is 12.3 Å². The van der Waals surface area contributed by atoms with Gasteiger partial charge in [0.25, 0.3) is 5.56 Å². The molecule has 0 saturated heterocycles. The van der Waals surface area contributed by atoms with Crippen molar-refractivity contribution in [3.05, 3.63) is 20.8 Å². The number of terminal acetylenes is 1. The maximum atomic E-state index is 11.6. The largest absolute Gasteiger partial charge is 0.369 e. The van der Waals surface area contributed by atoms with Gasteiger partial charge in [-0.25, -0.2) is 4.79 Å². The first-order valence-electron chi connectivity index (χ1n) is 4.26. The molecular weight excluding hydrogens is 212 g/mol. The van der Waals surface area contributed by atoms with Crippen molar-refractivity contribution in [2.45, 2.75) is 6.54 Å². The van der Waals surface area contributed by atoms with E-state index in [1.165, 1.54) is 0 Å². The van der Waals surface area contributed by atoms with E-state index in [-0.39, 0.29) is 23.7 Å². The highest BCUT2D eigenvalue weighted by atomic mass is 16.2. The van der Waals surface area contributed by atoms with Crippen molar-refractivity contribution in [1.29, 1.82) is 0 Å². The second kappa shape index (κ2) is 3.16. The Labute approximate surface area is 88.5 Å². The number of nitrogens with zero attached hydrogens (tertiary/aromatic N) is 3. The summed E-state index contributed by atoms with van der Waals surface area (Å²) in [7, 11) is 0. The summed E-state index contributed by atoms with van der Waals surface area (Å²) >= 11 is 0. The van der Waals surface area contributed by atoms with Crippen molar-refractivity contribution in [1.82, 2.24) is 19.2 Å². The van der Waals surface area contributed by atoms with E-state index in [2.05, 4.69) is 15.9 Å². The fourth-order valence-electron chi connectivity index (χ4n) is 1.44. The molecule has 0 aromatic carbocycles. The number of aromatic nitrogens is 4. The molecule has 5 N–H and O–H groups in total. The summed E-state index contributed by atoms with van der Waals surface area (Å²) in [5, 5.41) is 0. The lowest BCUT2D eigenvalue weighted by molar-refractivity contribution is 0.779. The molecule has 0 aliphatic rings. The number of nitrogen functional groups attached to an aromatic ring is 2. The third-order valence-electron chi connectivity index (χ3n) is 2.08. The third kappa shape index (κ3) is 1.15. The molecule has 0 radical (unpaired) electrons. The van der Waals surface area contributed by atoms with Crippen LogP contribution in [0.1, 0.15) is 0 Å². The van der Waals surface area contributed by atoms with Crippen molar-refractivity contribution in [3.8, 4) is 12.3 Å². The van der Waals surface area contributed by atoms with E-state index < -0.39 is 11.2 Å². The van der Waals surface area contributed by atoms with Gasteiger partial charge < -0.3 is 11.6 Å². The second-order valence-corrected chi connectivity index (χ2v) is 3.07. The van der Waals surface area contributed by atoms with E-state index >= 15 is 0 Å². The molecule has 0 fully saturated rings. The quantitative estimate of drug-likeness (QED) is 0.372. The average molecular weight is 220 g/mol. The van der Waals surface area contributed by atoms with Crippen LogP contribution in [0.3, 0.4) is 0 Å². The number of hydrogen-bond acceptors (Lipinski definition) is 5. The highest BCUT2D eigenvalue weighted by molar-refractivity contribution is 5.71. The third-order valence-corrected chi connectivity index (χ3v) is 2.08. The zero-order valence-electron chi connectivity index (χ0n) is 8.10. The van der Waals surface area contributed by atoms with Crippen molar-refractivity contribution < 1.29 is 0 Å². The summed E-state index contributed by atoms with van der Waals surface area (Å²) in [6, 6.07) is 0. The summed E-state index contributed by atoms with van der Waals surface area (Å²) in [5.41, 5.74) is 4.18. The Bertz CT molecular complexity index is 713. The fourth-order valence-corrected chi connectivity index (χ4v) is 1.44. The Morgan fingerprint density at radius 3 is 2.81 bits per heavy atom. The van der Waals surface area contributed by atoms with Gasteiger partial charge in [0, 0.05) is 0 Å². The highest BCUT2D eigenvalue weighted by Crippen LogP contribution is 2.03. The molecule has 0 unspecified atom stereocenters. The van der Waals surface area contributed by atoms with Crippen molar-refractivity contribution in [2.24, 2.45) is 0 Å². The summed E-state index contributed by atoms with van der Waals surface area (Å²) in [5.74, 6) is 7.59. The van der Waals surface area contributed by atoms with Crippen LogP contribution in [0.5, 0.6) is 0 Å². The van der Waals surface area contributed by atoms with Crippen molar-refractivity contribution in [2.75, 3.05) is 11.6 Å². The van der Waals surface area contributed by atoms with Crippen molar-refractivity contribution in [3.63, 3.8) is 0 Å². The average Bonchev–Trinajstić information content (AvgIpc) is 2.44. The second-order valence-electron chi connectivity index (χ2n) is 3.07. The minimum atomic E-state index is -0.614. The smallest absolute Gasteiger partial charge is 0.350 e. The summed E-state index contributed by atoms with van der Waals surface area (Å²) in [6.45, 7) is -0.0613. The zero-order valence-corrected chi connectivity index (χ0v) is 8.10. The van der Waals surface area contributed by atoms with Crippen LogP contribution in [-0.4, -0.2) is 19.2 Å². The number of hydrogen-bond donors (Lipinski definition) is 3. The molecule has 0 atom stereocenters. The Morgan fingerprint density at radius 1 is 1.50 bits per heavy atom. The SMILES string of the molecule is C#CCn1c(=O)n(N)c2nc(N)[nH]c(=O)c21. The molecule has 8 heteroatoms. The zero-order chi connectivity index (χ0) is 11.9. The van der Waals surface area contributed by atoms with Gasteiger partial charge in [-0.3, -0.25) is 14.3 Å². The van der Waals surface area contributed by atoms with Gasteiger partial charge in [0.15, 0.2) is 11.2 Å². The van der Waals surface area contributed by atoms with E-state index in [1.54, 1.807) is 0 Å². The molecule has 16 heavy (non-hydrogen) atoms. The number of aromatic amines is 1. The van der Waals surface area contributed by atoms with Gasteiger partial charge in [0.05, 0.1) is 6.54 Å². The number of imidazole rings is 1. The lowest BCUT2D eigenvalue weighted by Crippen LogP contribution is -2.29. The molecule has 2 aromatic rings. The molecule has 0 saturated carbocycles. The number of nitrogens with two attached hydrogens (primary N) is 2. The van der Waals surface area contributed by atoms with E-state index in [0.29, 0.717) is 0 Å².